The van der Waals surface area contributed by atoms with E-state index in [9.17, 15) is 19.8 Å². The number of benzene rings is 6. The molecule has 6 nitrogen and oxygen atoms in total. The molecule has 0 amide bonds. The second-order valence-electron chi connectivity index (χ2n) is 10.00. The largest absolute Gasteiger partial charge is 0.508 e. The van der Waals surface area contributed by atoms with E-state index in [0.717, 1.165) is 11.1 Å². The summed E-state index contributed by atoms with van der Waals surface area (Å²) in [6.45, 7) is 0. The Bertz CT molecular complexity index is 1780. The SMILES string of the molecule is O=C(c1ccc(-c2ccc(C(=O)c3ccccc3Oc3ccc(O)cc3)cc2)cc1)c1ccccc1Oc1ccc(O)cc1. The summed E-state index contributed by atoms with van der Waals surface area (Å²) in [5.74, 6) is 1.75. The summed E-state index contributed by atoms with van der Waals surface area (Å²) in [5.41, 5.74) is 3.65. The Morgan fingerprint density at radius 3 is 1.11 bits per heavy atom. The minimum atomic E-state index is -0.180. The summed E-state index contributed by atoms with van der Waals surface area (Å²) in [6, 6.07) is 41.2. The molecule has 0 bridgehead atoms. The highest BCUT2D eigenvalue weighted by Gasteiger charge is 2.17. The molecule has 0 unspecified atom stereocenters. The van der Waals surface area contributed by atoms with Gasteiger partial charge in [0.2, 0.25) is 0 Å². The van der Waals surface area contributed by atoms with Crippen LogP contribution in [0.5, 0.6) is 34.5 Å². The van der Waals surface area contributed by atoms with Gasteiger partial charge in [-0.3, -0.25) is 9.59 Å². The van der Waals surface area contributed by atoms with Crippen LogP contribution in [0.4, 0.5) is 0 Å². The fraction of sp³-hybridized carbons (Fsp3) is 0. The van der Waals surface area contributed by atoms with Crippen molar-refractivity contribution in [1.29, 1.82) is 0 Å². The lowest BCUT2D eigenvalue weighted by molar-refractivity contribution is 0.102. The summed E-state index contributed by atoms with van der Waals surface area (Å²) in [7, 11) is 0. The van der Waals surface area contributed by atoms with Gasteiger partial charge in [0.1, 0.15) is 34.5 Å². The maximum Gasteiger partial charge on any atom is 0.196 e. The van der Waals surface area contributed by atoms with Crippen molar-refractivity contribution in [2.24, 2.45) is 0 Å². The van der Waals surface area contributed by atoms with Gasteiger partial charge in [0.25, 0.3) is 0 Å². The van der Waals surface area contributed by atoms with Crippen molar-refractivity contribution in [2.45, 2.75) is 0 Å². The minimum Gasteiger partial charge on any atom is -0.508 e. The van der Waals surface area contributed by atoms with Crippen LogP contribution in [0, 0.1) is 0 Å². The molecule has 0 aliphatic carbocycles. The van der Waals surface area contributed by atoms with Crippen molar-refractivity contribution >= 4 is 11.6 Å². The van der Waals surface area contributed by atoms with Gasteiger partial charge in [-0.15, -0.1) is 0 Å². The van der Waals surface area contributed by atoms with Gasteiger partial charge in [-0.1, -0.05) is 72.8 Å². The van der Waals surface area contributed by atoms with Gasteiger partial charge in [0.15, 0.2) is 11.6 Å². The zero-order chi connectivity index (χ0) is 30.5. The van der Waals surface area contributed by atoms with Crippen molar-refractivity contribution in [2.75, 3.05) is 0 Å². The summed E-state index contributed by atoms with van der Waals surface area (Å²) >= 11 is 0. The first-order valence-corrected chi connectivity index (χ1v) is 13.9. The summed E-state index contributed by atoms with van der Waals surface area (Å²) in [6.07, 6.45) is 0. The topological polar surface area (TPSA) is 93.1 Å². The third-order valence-electron chi connectivity index (χ3n) is 7.02. The molecule has 0 radical (unpaired) electrons. The Morgan fingerprint density at radius 1 is 0.409 bits per heavy atom. The molecule has 0 aromatic heterocycles. The molecule has 0 saturated carbocycles. The van der Waals surface area contributed by atoms with E-state index in [1.165, 1.54) is 24.3 Å². The van der Waals surface area contributed by atoms with Crippen molar-refractivity contribution in [3.63, 3.8) is 0 Å². The minimum absolute atomic E-state index is 0.130. The average molecular weight is 579 g/mol. The van der Waals surface area contributed by atoms with E-state index in [-0.39, 0.29) is 23.1 Å². The molecule has 2 N–H and O–H groups in total. The standard InChI is InChI=1S/C38H26O6/c39-29-17-21-31(22-18-29)43-35-7-3-1-5-33(35)37(41)27-13-9-25(10-14-27)26-11-15-28(16-12-26)38(42)34-6-2-4-8-36(34)44-32-23-19-30(40)20-24-32/h1-24,39-40H. The van der Waals surface area contributed by atoms with Crippen LogP contribution in [-0.2, 0) is 0 Å². The Labute approximate surface area is 254 Å². The van der Waals surface area contributed by atoms with Crippen LogP contribution in [-0.4, -0.2) is 21.8 Å². The molecular weight excluding hydrogens is 552 g/mol. The lowest BCUT2D eigenvalue weighted by Gasteiger charge is -2.12. The van der Waals surface area contributed by atoms with Crippen molar-refractivity contribution in [3.8, 4) is 45.6 Å². The van der Waals surface area contributed by atoms with Gasteiger partial charge in [0, 0.05) is 11.1 Å². The third-order valence-corrected chi connectivity index (χ3v) is 7.02. The highest BCUT2D eigenvalue weighted by Crippen LogP contribution is 2.31. The molecule has 0 atom stereocenters. The van der Waals surface area contributed by atoms with Gasteiger partial charge in [-0.05, 0) is 83.9 Å². The molecule has 0 aliphatic heterocycles. The number of ketones is 2. The number of phenolic OH excluding ortho intramolecular Hbond substituents is 2. The van der Waals surface area contributed by atoms with E-state index in [1.54, 1.807) is 97.1 Å². The zero-order valence-electron chi connectivity index (χ0n) is 23.4. The summed E-state index contributed by atoms with van der Waals surface area (Å²) in [5, 5.41) is 19.1. The molecule has 6 heteroatoms. The average Bonchev–Trinajstić information content (AvgIpc) is 3.07. The molecule has 0 spiro atoms. The molecule has 44 heavy (non-hydrogen) atoms. The second-order valence-corrected chi connectivity index (χ2v) is 10.00. The first-order chi connectivity index (χ1) is 21.4. The quantitative estimate of drug-likeness (QED) is 0.167. The van der Waals surface area contributed by atoms with Crippen LogP contribution >= 0.6 is 0 Å². The van der Waals surface area contributed by atoms with Crippen molar-refractivity contribution < 1.29 is 29.3 Å². The number of ether oxygens (including phenoxy) is 2. The molecule has 0 saturated heterocycles. The molecule has 6 rings (SSSR count). The van der Waals surface area contributed by atoms with Gasteiger partial charge in [-0.2, -0.15) is 0 Å². The highest BCUT2D eigenvalue weighted by atomic mass is 16.5. The molecule has 6 aromatic carbocycles. The van der Waals surface area contributed by atoms with Crippen LogP contribution in [0.1, 0.15) is 31.8 Å². The van der Waals surface area contributed by atoms with Crippen LogP contribution < -0.4 is 9.47 Å². The molecular formula is C38H26O6. The maximum absolute atomic E-state index is 13.4. The Balaban J connectivity index is 1.17. The van der Waals surface area contributed by atoms with E-state index in [0.29, 0.717) is 45.3 Å². The molecule has 6 aromatic rings. The van der Waals surface area contributed by atoms with Gasteiger partial charge >= 0.3 is 0 Å². The fourth-order valence-corrected chi connectivity index (χ4v) is 4.71. The smallest absolute Gasteiger partial charge is 0.196 e. The molecule has 0 aliphatic rings. The predicted molar refractivity (Wildman–Crippen MR) is 168 cm³/mol. The van der Waals surface area contributed by atoms with Crippen molar-refractivity contribution in [1.82, 2.24) is 0 Å². The van der Waals surface area contributed by atoms with Crippen LogP contribution in [0.15, 0.2) is 146 Å². The Morgan fingerprint density at radius 2 is 0.750 bits per heavy atom. The first-order valence-electron chi connectivity index (χ1n) is 13.9. The number of aromatic hydroxyl groups is 2. The van der Waals surface area contributed by atoms with Crippen LogP contribution in [0.2, 0.25) is 0 Å². The van der Waals surface area contributed by atoms with Gasteiger partial charge < -0.3 is 19.7 Å². The number of para-hydroxylation sites is 2. The van der Waals surface area contributed by atoms with E-state index in [1.807, 2.05) is 24.3 Å². The molecule has 214 valence electrons. The molecule has 0 fully saturated rings. The second kappa shape index (κ2) is 12.4. The summed E-state index contributed by atoms with van der Waals surface area (Å²) < 4.78 is 11.9. The highest BCUT2D eigenvalue weighted by molar-refractivity contribution is 6.11. The number of carbonyl (C=O) groups excluding carboxylic acids is 2. The van der Waals surface area contributed by atoms with E-state index in [2.05, 4.69) is 0 Å². The molecule has 0 heterocycles. The third kappa shape index (κ3) is 6.20. The van der Waals surface area contributed by atoms with E-state index >= 15 is 0 Å². The Hall–Kier alpha value is -6.14. The number of phenols is 2. The van der Waals surface area contributed by atoms with E-state index in [4.69, 9.17) is 9.47 Å². The Kier molecular flexibility index (Phi) is 7.88. The van der Waals surface area contributed by atoms with Crippen LogP contribution in [0.3, 0.4) is 0 Å². The maximum atomic E-state index is 13.4. The zero-order valence-corrected chi connectivity index (χ0v) is 23.4. The van der Waals surface area contributed by atoms with Crippen LogP contribution in [0.25, 0.3) is 11.1 Å². The van der Waals surface area contributed by atoms with E-state index < -0.39 is 0 Å². The predicted octanol–water partition coefficient (Wildman–Crippen LogP) is 8.81. The van der Waals surface area contributed by atoms with Gasteiger partial charge in [-0.25, -0.2) is 0 Å². The summed E-state index contributed by atoms with van der Waals surface area (Å²) in [4.78, 5) is 26.8. The number of hydrogen-bond acceptors (Lipinski definition) is 6. The number of carbonyl (C=O) groups is 2. The fourth-order valence-electron chi connectivity index (χ4n) is 4.71. The van der Waals surface area contributed by atoms with Crippen molar-refractivity contribution in [3.05, 3.63) is 168 Å². The number of hydrogen-bond donors (Lipinski definition) is 2. The lowest BCUT2D eigenvalue weighted by atomic mass is 9.97. The number of rotatable bonds is 9. The lowest BCUT2D eigenvalue weighted by Crippen LogP contribution is -2.04. The first kappa shape index (κ1) is 28.0. The van der Waals surface area contributed by atoms with Gasteiger partial charge in [0.05, 0.1) is 11.1 Å². The monoisotopic (exact) mass is 578 g/mol. The normalized spacial score (nSPS) is 10.6.